The van der Waals surface area contributed by atoms with Crippen LogP contribution in [0.25, 0.3) is 0 Å². The molecule has 1 N–H and O–H groups in total. The molecule has 1 heterocycles. The third-order valence-electron chi connectivity index (χ3n) is 4.00. The average Bonchev–Trinajstić information content (AvgIpc) is 3.22. The second kappa shape index (κ2) is 6.76. The van der Waals surface area contributed by atoms with E-state index >= 15 is 0 Å². The third kappa shape index (κ3) is 4.01. The predicted octanol–water partition coefficient (Wildman–Crippen LogP) is 3.31. The van der Waals surface area contributed by atoms with Crippen LogP contribution in [0.4, 0.5) is 5.69 Å². The van der Waals surface area contributed by atoms with Gasteiger partial charge in [0.15, 0.2) is 4.21 Å². The molecule has 134 valence electrons. The highest BCUT2D eigenvalue weighted by Gasteiger charge is 2.32. The number of carboxylic acid groups (broad SMARTS) is 1. The first-order valence-electron chi connectivity index (χ1n) is 8.06. The number of carbonyl (C=O) groups is 1. The minimum absolute atomic E-state index is 0.114. The molecule has 1 aromatic carbocycles. The summed E-state index contributed by atoms with van der Waals surface area (Å²) in [5, 5.41) is 9.85. The zero-order valence-corrected chi connectivity index (χ0v) is 15.7. The Hall–Kier alpha value is -1.93. The van der Waals surface area contributed by atoms with Crippen LogP contribution in [-0.2, 0) is 14.8 Å². The van der Waals surface area contributed by atoms with Crippen molar-refractivity contribution in [3.8, 4) is 0 Å². The number of thiazole rings is 1. The molecule has 8 heteroatoms. The third-order valence-corrected chi connectivity index (χ3v) is 7.42. The van der Waals surface area contributed by atoms with Gasteiger partial charge in [0.2, 0.25) is 0 Å². The predicted molar refractivity (Wildman–Crippen MR) is 96.8 cm³/mol. The van der Waals surface area contributed by atoms with Crippen LogP contribution in [0.2, 0.25) is 0 Å². The van der Waals surface area contributed by atoms with E-state index < -0.39 is 16.0 Å². The van der Waals surface area contributed by atoms with Crippen LogP contribution in [0.1, 0.15) is 41.3 Å². The van der Waals surface area contributed by atoms with E-state index in [-0.39, 0.29) is 17.2 Å². The Morgan fingerprint density at radius 2 is 1.92 bits per heavy atom. The Morgan fingerprint density at radius 3 is 2.48 bits per heavy atom. The van der Waals surface area contributed by atoms with Crippen molar-refractivity contribution >= 4 is 33.0 Å². The molecule has 3 rings (SSSR count). The first-order chi connectivity index (χ1) is 11.8. The second-order valence-corrected chi connectivity index (χ2v) is 9.51. The van der Waals surface area contributed by atoms with Gasteiger partial charge in [-0.05, 0) is 49.9 Å². The highest BCUT2D eigenvalue weighted by Crippen LogP contribution is 2.43. The standard InChI is InChI=1S/C17H20N2O4S2/c1-11-7-12(2)9-14(8-11)19(6-5-15(20)21)25(22,23)16-10-18-17(24-16)13-3-4-13/h7-10,13H,3-6H2,1-2H3,(H,20,21). The molecular weight excluding hydrogens is 360 g/mol. The maximum atomic E-state index is 13.1. The maximum Gasteiger partial charge on any atom is 0.305 e. The fourth-order valence-corrected chi connectivity index (χ4v) is 5.58. The Kier molecular flexibility index (Phi) is 4.83. The zero-order chi connectivity index (χ0) is 18.2. The Labute approximate surface area is 151 Å². The van der Waals surface area contributed by atoms with Gasteiger partial charge in [0.1, 0.15) is 0 Å². The fourth-order valence-electron chi connectivity index (χ4n) is 2.70. The summed E-state index contributed by atoms with van der Waals surface area (Å²) in [5.41, 5.74) is 2.34. The summed E-state index contributed by atoms with van der Waals surface area (Å²) in [4.78, 5) is 15.3. The zero-order valence-electron chi connectivity index (χ0n) is 14.1. The Bertz CT molecular complexity index is 881. The van der Waals surface area contributed by atoms with Gasteiger partial charge in [0.05, 0.1) is 23.3 Å². The molecule has 1 aromatic heterocycles. The summed E-state index contributed by atoms with van der Waals surface area (Å²) in [7, 11) is -3.84. The molecule has 6 nitrogen and oxygen atoms in total. The van der Waals surface area contributed by atoms with E-state index in [0.29, 0.717) is 11.6 Å². The van der Waals surface area contributed by atoms with E-state index in [1.54, 1.807) is 12.1 Å². The summed E-state index contributed by atoms with van der Waals surface area (Å²) in [6.45, 7) is 3.66. The molecule has 0 spiro atoms. The smallest absolute Gasteiger partial charge is 0.305 e. The molecule has 0 aliphatic heterocycles. The molecule has 0 bridgehead atoms. The average molecular weight is 380 g/mol. The van der Waals surface area contributed by atoms with Crippen LogP contribution >= 0.6 is 11.3 Å². The van der Waals surface area contributed by atoms with Gasteiger partial charge in [-0.2, -0.15) is 0 Å². The lowest BCUT2D eigenvalue weighted by Crippen LogP contribution is -2.32. The molecule has 2 aromatic rings. The lowest BCUT2D eigenvalue weighted by molar-refractivity contribution is -0.136. The van der Waals surface area contributed by atoms with Crippen LogP contribution in [0.5, 0.6) is 0 Å². The van der Waals surface area contributed by atoms with E-state index in [1.807, 2.05) is 19.9 Å². The number of anilines is 1. The highest BCUT2D eigenvalue weighted by molar-refractivity contribution is 7.94. The number of hydrogen-bond donors (Lipinski definition) is 1. The van der Waals surface area contributed by atoms with Crippen LogP contribution in [0.15, 0.2) is 28.6 Å². The monoisotopic (exact) mass is 380 g/mol. The van der Waals surface area contributed by atoms with Crippen molar-refractivity contribution in [1.29, 1.82) is 0 Å². The lowest BCUT2D eigenvalue weighted by atomic mass is 10.1. The highest BCUT2D eigenvalue weighted by atomic mass is 32.2. The Morgan fingerprint density at radius 1 is 1.28 bits per heavy atom. The molecule has 0 unspecified atom stereocenters. The van der Waals surface area contributed by atoms with Gasteiger partial charge in [-0.25, -0.2) is 13.4 Å². The van der Waals surface area contributed by atoms with Crippen molar-refractivity contribution in [1.82, 2.24) is 4.98 Å². The summed E-state index contributed by atoms with van der Waals surface area (Å²) >= 11 is 1.19. The van der Waals surface area contributed by atoms with Gasteiger partial charge in [0, 0.05) is 12.5 Å². The van der Waals surface area contributed by atoms with Crippen molar-refractivity contribution in [3.05, 3.63) is 40.5 Å². The largest absolute Gasteiger partial charge is 0.481 e. The number of sulfonamides is 1. The van der Waals surface area contributed by atoms with Crippen molar-refractivity contribution < 1.29 is 18.3 Å². The number of nitrogens with zero attached hydrogens (tertiary/aromatic N) is 2. The number of benzene rings is 1. The van der Waals surface area contributed by atoms with E-state index in [4.69, 9.17) is 5.11 Å². The molecule has 1 fully saturated rings. The molecule has 0 saturated heterocycles. The number of aliphatic carboxylic acids is 1. The number of carboxylic acids is 1. The second-order valence-electron chi connectivity index (χ2n) is 6.36. The SMILES string of the molecule is Cc1cc(C)cc(N(CCC(=O)O)S(=O)(=O)c2cnc(C3CC3)s2)c1. The van der Waals surface area contributed by atoms with Crippen molar-refractivity contribution in [3.63, 3.8) is 0 Å². The molecule has 0 amide bonds. The molecule has 0 radical (unpaired) electrons. The molecular formula is C17H20N2O4S2. The Balaban J connectivity index is 2.00. The normalized spacial score (nSPS) is 14.5. The minimum Gasteiger partial charge on any atom is -0.481 e. The van der Waals surface area contributed by atoms with E-state index in [9.17, 15) is 13.2 Å². The van der Waals surface area contributed by atoms with Gasteiger partial charge in [-0.15, -0.1) is 11.3 Å². The minimum atomic E-state index is -3.84. The number of aryl methyl sites for hydroxylation is 2. The first-order valence-corrected chi connectivity index (χ1v) is 10.3. The van der Waals surface area contributed by atoms with Crippen LogP contribution < -0.4 is 4.31 Å². The van der Waals surface area contributed by atoms with Gasteiger partial charge < -0.3 is 5.11 Å². The first kappa shape index (κ1) is 17.9. The number of rotatable bonds is 7. The molecule has 1 aliphatic rings. The summed E-state index contributed by atoms with van der Waals surface area (Å²) in [5.74, 6) is -0.657. The molecule has 25 heavy (non-hydrogen) atoms. The van der Waals surface area contributed by atoms with Gasteiger partial charge in [-0.3, -0.25) is 9.10 Å². The quantitative estimate of drug-likeness (QED) is 0.796. The van der Waals surface area contributed by atoms with Crippen molar-refractivity contribution in [2.45, 2.75) is 43.2 Å². The van der Waals surface area contributed by atoms with Gasteiger partial charge in [0.25, 0.3) is 10.0 Å². The maximum absolute atomic E-state index is 13.1. The summed E-state index contributed by atoms with van der Waals surface area (Å²) < 4.78 is 27.6. The summed E-state index contributed by atoms with van der Waals surface area (Å²) in [6, 6.07) is 5.47. The van der Waals surface area contributed by atoms with Crippen molar-refractivity contribution in [2.24, 2.45) is 0 Å². The van der Waals surface area contributed by atoms with Gasteiger partial charge >= 0.3 is 5.97 Å². The van der Waals surface area contributed by atoms with E-state index in [1.165, 1.54) is 21.8 Å². The van der Waals surface area contributed by atoms with Crippen LogP contribution in [-0.4, -0.2) is 31.0 Å². The molecule has 1 saturated carbocycles. The lowest BCUT2D eigenvalue weighted by Gasteiger charge is -2.23. The van der Waals surface area contributed by atoms with E-state index in [2.05, 4.69) is 4.98 Å². The van der Waals surface area contributed by atoms with Gasteiger partial charge in [-0.1, -0.05) is 6.07 Å². The van der Waals surface area contributed by atoms with Crippen LogP contribution in [0, 0.1) is 13.8 Å². The van der Waals surface area contributed by atoms with Crippen LogP contribution in [0.3, 0.4) is 0 Å². The van der Waals surface area contributed by atoms with E-state index in [0.717, 1.165) is 29.0 Å². The fraction of sp³-hybridized carbons (Fsp3) is 0.412. The summed E-state index contributed by atoms with van der Waals surface area (Å²) in [6.07, 6.45) is 3.23. The number of aromatic nitrogens is 1. The molecule has 0 atom stereocenters. The molecule has 1 aliphatic carbocycles. The topological polar surface area (TPSA) is 87.6 Å². The number of hydrogen-bond acceptors (Lipinski definition) is 5. The van der Waals surface area contributed by atoms with Crippen molar-refractivity contribution in [2.75, 3.05) is 10.8 Å².